The van der Waals surface area contributed by atoms with Gasteiger partial charge in [0.25, 0.3) is 0 Å². The minimum atomic E-state index is 0.116. The summed E-state index contributed by atoms with van der Waals surface area (Å²) < 4.78 is 0. The molecule has 0 spiro atoms. The van der Waals surface area contributed by atoms with Gasteiger partial charge in [0, 0.05) is 6.04 Å². The zero-order valence-corrected chi connectivity index (χ0v) is 11.2. The van der Waals surface area contributed by atoms with Crippen LogP contribution >= 0.6 is 0 Å². The third kappa shape index (κ3) is 4.63. The molecule has 1 rings (SSSR count). The van der Waals surface area contributed by atoms with E-state index < -0.39 is 0 Å². The SMILES string of the molecule is C#CC(C)NC(C)c1ccc(CCCC)cc1. The minimum Gasteiger partial charge on any atom is -0.297 e. The first-order valence-electron chi connectivity index (χ1n) is 6.48. The number of benzene rings is 1. The summed E-state index contributed by atoms with van der Waals surface area (Å²) in [5.74, 6) is 2.69. The van der Waals surface area contributed by atoms with Crippen LogP contribution in [0.4, 0.5) is 0 Å². The van der Waals surface area contributed by atoms with Crippen LogP contribution in [-0.2, 0) is 6.42 Å². The maximum atomic E-state index is 5.36. The zero-order valence-electron chi connectivity index (χ0n) is 11.2. The highest BCUT2D eigenvalue weighted by atomic mass is 14.9. The van der Waals surface area contributed by atoms with E-state index in [2.05, 4.69) is 49.4 Å². The van der Waals surface area contributed by atoms with Gasteiger partial charge >= 0.3 is 0 Å². The van der Waals surface area contributed by atoms with E-state index in [4.69, 9.17) is 6.42 Å². The van der Waals surface area contributed by atoms with Crippen molar-refractivity contribution in [1.82, 2.24) is 5.32 Å². The fourth-order valence-electron chi connectivity index (χ4n) is 1.87. The van der Waals surface area contributed by atoms with Gasteiger partial charge in [-0.05, 0) is 37.8 Å². The van der Waals surface area contributed by atoms with E-state index in [1.54, 1.807) is 0 Å². The number of aryl methyl sites for hydroxylation is 1. The molecule has 0 saturated carbocycles. The zero-order chi connectivity index (χ0) is 12.7. The molecule has 1 N–H and O–H groups in total. The molecule has 1 heteroatoms. The molecular formula is C16H23N. The Bertz CT molecular complexity index is 358. The second-order valence-electron chi connectivity index (χ2n) is 4.62. The Hall–Kier alpha value is -1.26. The molecule has 0 radical (unpaired) electrons. The molecule has 0 aliphatic rings. The van der Waals surface area contributed by atoms with E-state index in [0.717, 1.165) is 0 Å². The molecule has 0 aliphatic heterocycles. The predicted octanol–water partition coefficient (Wildman–Crippen LogP) is 3.70. The van der Waals surface area contributed by atoms with E-state index in [1.807, 2.05) is 6.92 Å². The van der Waals surface area contributed by atoms with Gasteiger partial charge in [0.15, 0.2) is 0 Å². The molecule has 2 unspecified atom stereocenters. The number of hydrogen-bond donors (Lipinski definition) is 1. The molecule has 0 bridgehead atoms. The van der Waals surface area contributed by atoms with Crippen molar-refractivity contribution in [2.75, 3.05) is 0 Å². The second kappa shape index (κ2) is 7.14. The summed E-state index contributed by atoms with van der Waals surface area (Å²) in [6.07, 6.45) is 9.06. The molecule has 1 aromatic rings. The summed E-state index contributed by atoms with van der Waals surface area (Å²) in [6, 6.07) is 9.27. The highest BCUT2D eigenvalue weighted by molar-refractivity contribution is 5.25. The lowest BCUT2D eigenvalue weighted by atomic mass is 10.0. The molecule has 0 amide bonds. The van der Waals surface area contributed by atoms with Crippen molar-refractivity contribution in [2.45, 2.75) is 52.1 Å². The van der Waals surface area contributed by atoms with Crippen molar-refractivity contribution in [1.29, 1.82) is 0 Å². The third-order valence-electron chi connectivity index (χ3n) is 3.05. The van der Waals surface area contributed by atoms with Crippen molar-refractivity contribution < 1.29 is 0 Å². The monoisotopic (exact) mass is 229 g/mol. The average Bonchev–Trinajstić information content (AvgIpc) is 2.36. The normalized spacial score (nSPS) is 14.0. The van der Waals surface area contributed by atoms with Gasteiger partial charge in [-0.3, -0.25) is 5.32 Å². The average molecular weight is 229 g/mol. The molecule has 1 aromatic carbocycles. The van der Waals surface area contributed by atoms with Crippen molar-refractivity contribution in [2.24, 2.45) is 0 Å². The van der Waals surface area contributed by atoms with Crippen LogP contribution in [0.5, 0.6) is 0 Å². The minimum absolute atomic E-state index is 0.116. The van der Waals surface area contributed by atoms with Crippen molar-refractivity contribution in [3.63, 3.8) is 0 Å². The lowest BCUT2D eigenvalue weighted by Crippen LogP contribution is -2.27. The molecule has 1 nitrogen and oxygen atoms in total. The first-order valence-corrected chi connectivity index (χ1v) is 6.48. The van der Waals surface area contributed by atoms with Crippen LogP contribution in [0.1, 0.15) is 50.8 Å². The molecule has 0 heterocycles. The first-order chi connectivity index (χ1) is 8.17. The van der Waals surface area contributed by atoms with Gasteiger partial charge < -0.3 is 0 Å². The van der Waals surface area contributed by atoms with Crippen LogP contribution in [0.15, 0.2) is 24.3 Å². The molecule has 0 aliphatic carbocycles. The van der Waals surface area contributed by atoms with Crippen molar-refractivity contribution in [3.05, 3.63) is 35.4 Å². The Kier molecular flexibility index (Phi) is 5.80. The first kappa shape index (κ1) is 13.8. The van der Waals surface area contributed by atoms with E-state index in [-0.39, 0.29) is 6.04 Å². The van der Waals surface area contributed by atoms with Gasteiger partial charge in [-0.1, -0.05) is 43.5 Å². The van der Waals surface area contributed by atoms with Crippen LogP contribution in [0.2, 0.25) is 0 Å². The maximum Gasteiger partial charge on any atom is 0.0662 e. The van der Waals surface area contributed by atoms with Crippen LogP contribution in [0.3, 0.4) is 0 Å². The second-order valence-corrected chi connectivity index (χ2v) is 4.62. The standard InChI is InChI=1S/C16H23N/c1-5-7-8-15-9-11-16(12-10-15)14(4)17-13(3)6-2/h2,9-14,17H,5,7-8H2,1,3-4H3. The molecule has 2 atom stereocenters. The molecule has 0 saturated heterocycles. The highest BCUT2D eigenvalue weighted by Crippen LogP contribution is 2.15. The van der Waals surface area contributed by atoms with E-state index in [9.17, 15) is 0 Å². The van der Waals surface area contributed by atoms with E-state index >= 15 is 0 Å². The number of hydrogen-bond acceptors (Lipinski definition) is 1. The summed E-state index contributed by atoms with van der Waals surface area (Å²) in [5, 5.41) is 3.37. The third-order valence-corrected chi connectivity index (χ3v) is 3.05. The van der Waals surface area contributed by atoms with Crippen molar-refractivity contribution >= 4 is 0 Å². The Labute approximate surface area is 106 Å². The summed E-state index contributed by atoms with van der Waals surface area (Å²) in [7, 11) is 0. The Balaban J connectivity index is 2.58. The van der Waals surface area contributed by atoms with E-state index in [0.29, 0.717) is 6.04 Å². The molecule has 0 aromatic heterocycles. The van der Waals surface area contributed by atoms with Crippen molar-refractivity contribution in [3.8, 4) is 12.3 Å². The summed E-state index contributed by atoms with van der Waals surface area (Å²) in [6.45, 7) is 6.38. The lowest BCUT2D eigenvalue weighted by molar-refractivity contribution is 0.546. The summed E-state index contributed by atoms with van der Waals surface area (Å²) in [4.78, 5) is 0. The van der Waals surface area contributed by atoms with Gasteiger partial charge in [0.05, 0.1) is 6.04 Å². The van der Waals surface area contributed by atoms with Gasteiger partial charge in [-0.25, -0.2) is 0 Å². The van der Waals surface area contributed by atoms with Crippen LogP contribution in [0.25, 0.3) is 0 Å². The van der Waals surface area contributed by atoms with Crippen LogP contribution in [0, 0.1) is 12.3 Å². The predicted molar refractivity (Wildman–Crippen MR) is 74.9 cm³/mol. The number of rotatable bonds is 6. The lowest BCUT2D eigenvalue weighted by Gasteiger charge is -2.17. The van der Waals surface area contributed by atoms with Gasteiger partial charge in [0.2, 0.25) is 0 Å². The largest absolute Gasteiger partial charge is 0.297 e. The number of terminal acetylenes is 1. The summed E-state index contributed by atoms with van der Waals surface area (Å²) >= 11 is 0. The van der Waals surface area contributed by atoms with E-state index in [1.165, 1.54) is 30.4 Å². The summed E-state index contributed by atoms with van der Waals surface area (Å²) in [5.41, 5.74) is 2.72. The number of nitrogens with one attached hydrogen (secondary N) is 1. The Morgan fingerprint density at radius 2 is 1.88 bits per heavy atom. The Morgan fingerprint density at radius 1 is 1.24 bits per heavy atom. The molecule has 17 heavy (non-hydrogen) atoms. The quantitative estimate of drug-likeness (QED) is 0.733. The van der Waals surface area contributed by atoms with Gasteiger partial charge in [-0.15, -0.1) is 6.42 Å². The van der Waals surface area contributed by atoms with Crippen LogP contribution in [-0.4, -0.2) is 6.04 Å². The maximum absolute atomic E-state index is 5.36. The van der Waals surface area contributed by atoms with Gasteiger partial charge in [0.1, 0.15) is 0 Å². The Morgan fingerprint density at radius 3 is 2.41 bits per heavy atom. The highest BCUT2D eigenvalue weighted by Gasteiger charge is 2.07. The smallest absolute Gasteiger partial charge is 0.0662 e. The number of unbranched alkanes of at least 4 members (excludes halogenated alkanes) is 1. The topological polar surface area (TPSA) is 12.0 Å². The fraction of sp³-hybridized carbons (Fsp3) is 0.500. The molecule has 0 fully saturated rings. The van der Waals surface area contributed by atoms with Gasteiger partial charge in [-0.2, -0.15) is 0 Å². The fourth-order valence-corrected chi connectivity index (χ4v) is 1.87. The van der Waals surface area contributed by atoms with Crippen LogP contribution < -0.4 is 5.32 Å². The molecule has 92 valence electrons. The molecular weight excluding hydrogens is 206 g/mol.